The second-order valence-electron chi connectivity index (χ2n) is 9.42. The van der Waals surface area contributed by atoms with Crippen LogP contribution in [0.15, 0.2) is 36.7 Å². The Labute approximate surface area is 197 Å². The zero-order valence-corrected chi connectivity index (χ0v) is 19.2. The van der Waals surface area contributed by atoms with E-state index in [1.165, 1.54) is 12.1 Å². The molecule has 1 saturated heterocycles. The van der Waals surface area contributed by atoms with Gasteiger partial charge in [-0.15, -0.1) is 0 Å². The van der Waals surface area contributed by atoms with E-state index in [9.17, 15) is 9.18 Å². The van der Waals surface area contributed by atoms with Crippen LogP contribution in [0.4, 0.5) is 4.39 Å². The number of Topliss-reactive ketones (excluding diaryl/α,β-unsaturated/α-hetero) is 1. The highest BCUT2D eigenvalue weighted by atomic mass is 35.5. The quantitative estimate of drug-likeness (QED) is 0.620. The van der Waals surface area contributed by atoms with Crippen molar-refractivity contribution in [3.05, 3.63) is 53.1 Å². The molecule has 1 saturated carbocycles. The second-order valence-corrected chi connectivity index (χ2v) is 9.82. The number of hydrogen-bond donors (Lipinski definition) is 1. The monoisotopic (exact) mass is 474 g/mol. The van der Waals surface area contributed by atoms with Crippen LogP contribution in [-0.4, -0.2) is 48.3 Å². The van der Waals surface area contributed by atoms with Crippen LogP contribution < -0.4 is 14.8 Å². The van der Waals surface area contributed by atoms with Crippen molar-refractivity contribution < 1.29 is 23.4 Å². The molecule has 33 heavy (non-hydrogen) atoms. The van der Waals surface area contributed by atoms with Gasteiger partial charge in [0.2, 0.25) is 0 Å². The molecule has 0 spiro atoms. The Bertz CT molecular complexity index is 983. The number of nitrogens with zero attached hydrogens (tertiary/aromatic N) is 1. The highest BCUT2D eigenvalue weighted by Gasteiger charge is 2.42. The Kier molecular flexibility index (Phi) is 6.54. The second kappa shape index (κ2) is 9.57. The molecule has 1 atom stereocenters. The van der Waals surface area contributed by atoms with Crippen LogP contribution in [0.25, 0.3) is 0 Å². The molecular weight excluding hydrogens is 447 g/mol. The molecule has 5 rings (SSSR count). The Morgan fingerprint density at radius 3 is 2.76 bits per heavy atom. The number of rotatable bonds is 8. The molecule has 0 bridgehead atoms. The van der Waals surface area contributed by atoms with Crippen molar-refractivity contribution >= 4 is 17.4 Å². The van der Waals surface area contributed by atoms with Crippen LogP contribution in [0.1, 0.15) is 37.7 Å². The standard InChI is InChI=1S/C25H28ClFN2O4/c26-20-6-5-19(11-21(20)27)33-25(14-31-15-25)13-29-18-3-1-16(2-4-18)9-22(30)23-10-17-7-8-28-12-24(17)32-23/h5-8,11-12,16,18,23,29H,1-4,9-10,13-15H2. The molecule has 2 aliphatic heterocycles. The van der Waals surface area contributed by atoms with Gasteiger partial charge in [-0.1, -0.05) is 11.6 Å². The van der Waals surface area contributed by atoms with Crippen LogP contribution in [0.5, 0.6) is 11.5 Å². The predicted octanol–water partition coefficient (Wildman–Crippen LogP) is 4.13. The molecule has 0 radical (unpaired) electrons. The van der Waals surface area contributed by atoms with Crippen LogP contribution in [0.3, 0.4) is 0 Å². The Morgan fingerprint density at radius 1 is 1.24 bits per heavy atom. The fourth-order valence-electron chi connectivity index (χ4n) is 4.89. The van der Waals surface area contributed by atoms with Crippen LogP contribution in [0.2, 0.25) is 5.02 Å². The van der Waals surface area contributed by atoms with Crippen LogP contribution in [-0.2, 0) is 16.0 Å². The minimum Gasteiger partial charge on any atom is -0.481 e. The zero-order valence-electron chi connectivity index (χ0n) is 18.4. The summed E-state index contributed by atoms with van der Waals surface area (Å²) in [6.07, 6.45) is 8.33. The van der Waals surface area contributed by atoms with Crippen molar-refractivity contribution in [3.8, 4) is 11.5 Å². The number of benzene rings is 1. The van der Waals surface area contributed by atoms with Crippen LogP contribution in [0, 0.1) is 11.7 Å². The maximum atomic E-state index is 13.8. The van der Waals surface area contributed by atoms with E-state index in [0.717, 1.165) is 37.0 Å². The van der Waals surface area contributed by atoms with Gasteiger partial charge < -0.3 is 19.5 Å². The van der Waals surface area contributed by atoms with Crippen LogP contribution >= 0.6 is 11.6 Å². The maximum absolute atomic E-state index is 13.8. The highest BCUT2D eigenvalue weighted by Crippen LogP contribution is 2.33. The Morgan fingerprint density at radius 2 is 2.06 bits per heavy atom. The summed E-state index contributed by atoms with van der Waals surface area (Å²) in [6.45, 7) is 1.56. The van der Waals surface area contributed by atoms with Crippen molar-refractivity contribution in [2.45, 2.75) is 56.3 Å². The molecule has 1 aromatic carbocycles. The molecule has 3 heterocycles. The average Bonchev–Trinajstić information content (AvgIpc) is 3.23. The minimum absolute atomic E-state index is 0.0793. The molecule has 1 N–H and O–H groups in total. The molecular formula is C25H28ClFN2O4. The summed E-state index contributed by atoms with van der Waals surface area (Å²) in [4.78, 5) is 16.8. The molecule has 1 unspecified atom stereocenters. The third-order valence-corrected chi connectivity index (χ3v) is 7.22. The first-order chi connectivity index (χ1) is 16.0. The summed E-state index contributed by atoms with van der Waals surface area (Å²) < 4.78 is 31.0. The first-order valence-electron chi connectivity index (χ1n) is 11.6. The van der Waals surface area contributed by atoms with Gasteiger partial charge >= 0.3 is 0 Å². The van der Waals surface area contributed by atoms with E-state index in [1.807, 2.05) is 6.07 Å². The van der Waals surface area contributed by atoms with E-state index < -0.39 is 11.4 Å². The predicted molar refractivity (Wildman–Crippen MR) is 121 cm³/mol. The third-order valence-electron chi connectivity index (χ3n) is 6.91. The smallest absolute Gasteiger partial charge is 0.173 e. The number of hydrogen-bond acceptors (Lipinski definition) is 6. The van der Waals surface area contributed by atoms with E-state index in [-0.39, 0.29) is 16.9 Å². The van der Waals surface area contributed by atoms with Crippen molar-refractivity contribution in [2.24, 2.45) is 5.92 Å². The molecule has 176 valence electrons. The van der Waals surface area contributed by atoms with Gasteiger partial charge in [-0.05, 0) is 49.8 Å². The molecule has 0 amide bonds. The first-order valence-corrected chi connectivity index (χ1v) is 11.9. The number of ketones is 1. The number of carbonyl (C=O) groups is 1. The fourth-order valence-corrected chi connectivity index (χ4v) is 5.01. The minimum atomic E-state index is -0.492. The maximum Gasteiger partial charge on any atom is 0.173 e. The van der Waals surface area contributed by atoms with E-state index >= 15 is 0 Å². The van der Waals surface area contributed by atoms with Crippen molar-refractivity contribution in [2.75, 3.05) is 19.8 Å². The Balaban J connectivity index is 1.06. The van der Waals surface area contributed by atoms with Gasteiger partial charge in [0.25, 0.3) is 0 Å². The normalized spacial score (nSPS) is 25.6. The lowest BCUT2D eigenvalue weighted by Gasteiger charge is -2.43. The number of fused-ring (bicyclic) bond motifs is 1. The Hall–Kier alpha value is -2.22. The lowest BCUT2D eigenvalue weighted by Crippen LogP contribution is -2.61. The lowest BCUT2D eigenvalue weighted by molar-refractivity contribution is -0.159. The molecule has 1 aromatic heterocycles. The summed E-state index contributed by atoms with van der Waals surface area (Å²) in [5, 5.41) is 3.69. The summed E-state index contributed by atoms with van der Waals surface area (Å²) in [7, 11) is 0. The molecule has 6 nitrogen and oxygen atoms in total. The number of aromatic nitrogens is 1. The SMILES string of the molecule is O=C(CC1CCC(NCC2(Oc3ccc(Cl)c(F)c3)COC2)CC1)C1Cc2ccncc2O1. The molecule has 2 fully saturated rings. The largest absolute Gasteiger partial charge is 0.481 e. The van der Waals surface area contributed by atoms with Gasteiger partial charge in [0.05, 0.1) is 24.4 Å². The summed E-state index contributed by atoms with van der Waals surface area (Å²) >= 11 is 5.77. The van der Waals surface area contributed by atoms with E-state index in [0.29, 0.717) is 50.3 Å². The number of pyridine rings is 1. The molecule has 8 heteroatoms. The van der Waals surface area contributed by atoms with E-state index in [2.05, 4.69) is 10.3 Å². The number of nitrogens with one attached hydrogen (secondary N) is 1. The third kappa shape index (κ3) is 5.15. The van der Waals surface area contributed by atoms with Gasteiger partial charge in [0.1, 0.15) is 17.3 Å². The van der Waals surface area contributed by atoms with Gasteiger partial charge in [0.15, 0.2) is 17.5 Å². The molecule has 1 aliphatic carbocycles. The number of carbonyl (C=O) groups excluding carboxylic acids is 1. The molecule has 3 aliphatic rings. The van der Waals surface area contributed by atoms with Crippen molar-refractivity contribution in [1.82, 2.24) is 10.3 Å². The van der Waals surface area contributed by atoms with Crippen molar-refractivity contribution in [3.63, 3.8) is 0 Å². The summed E-state index contributed by atoms with van der Waals surface area (Å²) in [5.74, 6) is 1.29. The number of ether oxygens (including phenoxy) is 3. The fraction of sp³-hybridized carbons (Fsp3) is 0.520. The first kappa shape index (κ1) is 22.6. The summed E-state index contributed by atoms with van der Waals surface area (Å²) in [5.41, 5.74) is 0.574. The van der Waals surface area contributed by atoms with Gasteiger partial charge in [-0.25, -0.2) is 4.39 Å². The average molecular weight is 475 g/mol. The number of halogens is 2. The highest BCUT2D eigenvalue weighted by molar-refractivity contribution is 6.30. The molecule has 2 aromatic rings. The summed E-state index contributed by atoms with van der Waals surface area (Å²) in [6, 6.07) is 6.79. The van der Waals surface area contributed by atoms with Crippen molar-refractivity contribution in [1.29, 1.82) is 0 Å². The van der Waals surface area contributed by atoms with Gasteiger partial charge in [0, 0.05) is 43.3 Å². The van der Waals surface area contributed by atoms with Gasteiger partial charge in [-0.3, -0.25) is 9.78 Å². The van der Waals surface area contributed by atoms with E-state index in [1.54, 1.807) is 18.5 Å². The lowest BCUT2D eigenvalue weighted by atomic mass is 9.82. The topological polar surface area (TPSA) is 69.7 Å². The van der Waals surface area contributed by atoms with E-state index in [4.69, 9.17) is 25.8 Å². The zero-order chi connectivity index (χ0) is 22.8. The van der Waals surface area contributed by atoms with Gasteiger partial charge in [-0.2, -0.15) is 0 Å².